The maximum Gasteiger partial charge on any atom is 0.0564 e. The number of H-pyrrole nitrogens is 1. The summed E-state index contributed by atoms with van der Waals surface area (Å²) < 4.78 is 0. The molecule has 5 heteroatoms. The number of nitrogens with one attached hydrogen (secondary N) is 2. The smallest absolute Gasteiger partial charge is 0.0564 e. The van der Waals surface area contributed by atoms with Crippen molar-refractivity contribution in [2.75, 3.05) is 12.9 Å². The lowest BCUT2D eigenvalue weighted by molar-refractivity contribution is 0.272. The van der Waals surface area contributed by atoms with E-state index in [0.29, 0.717) is 0 Å². The van der Waals surface area contributed by atoms with Gasteiger partial charge in [-0.05, 0) is 27.0 Å². The third kappa shape index (κ3) is 3.23. The van der Waals surface area contributed by atoms with E-state index in [4.69, 9.17) is 0 Å². The minimum Gasteiger partial charge on any atom is -0.395 e. The van der Waals surface area contributed by atoms with Crippen molar-refractivity contribution in [3.05, 3.63) is 17.5 Å². The second-order valence-corrected chi connectivity index (χ2v) is 5.16. The lowest BCUT2D eigenvalue weighted by Crippen LogP contribution is -2.39. The number of aliphatic hydroxyl groups is 1. The van der Waals surface area contributed by atoms with E-state index < -0.39 is 0 Å². The van der Waals surface area contributed by atoms with Crippen LogP contribution in [0.5, 0.6) is 0 Å². The average molecular weight is 243 g/mol. The van der Waals surface area contributed by atoms with Crippen LogP contribution in [0.4, 0.5) is 0 Å². The Hall–Kier alpha value is -0.520. The second-order valence-electron chi connectivity index (χ2n) is 4.08. The van der Waals surface area contributed by atoms with Crippen molar-refractivity contribution in [1.82, 2.24) is 15.5 Å². The number of nitrogens with zero attached hydrogens (tertiary/aromatic N) is 1. The molecule has 1 aromatic rings. The first kappa shape index (κ1) is 13.5. The molecule has 0 aromatic carbocycles. The average Bonchev–Trinajstić information content (AvgIpc) is 2.66. The normalized spacial score (nSPS) is 17.1. The minimum absolute atomic E-state index is 0.201. The molecule has 0 spiro atoms. The van der Waals surface area contributed by atoms with Crippen LogP contribution in [0.25, 0.3) is 0 Å². The highest BCUT2D eigenvalue weighted by Crippen LogP contribution is 2.18. The van der Waals surface area contributed by atoms with Crippen molar-refractivity contribution in [3.8, 4) is 0 Å². The Labute approximate surface area is 101 Å². The molecule has 0 aliphatic carbocycles. The molecule has 1 rings (SSSR count). The Morgan fingerprint density at radius 2 is 2.25 bits per heavy atom. The molecule has 4 nitrogen and oxygen atoms in total. The van der Waals surface area contributed by atoms with Gasteiger partial charge in [0.15, 0.2) is 0 Å². The van der Waals surface area contributed by atoms with Gasteiger partial charge in [0.1, 0.15) is 0 Å². The molecule has 0 radical (unpaired) electrons. The summed E-state index contributed by atoms with van der Waals surface area (Å²) in [6.07, 6.45) is 3.87. The predicted molar refractivity (Wildman–Crippen MR) is 68.7 cm³/mol. The first-order chi connectivity index (χ1) is 7.60. The Kier molecular flexibility index (Phi) is 5.31. The zero-order chi connectivity index (χ0) is 12.1. The molecule has 0 fully saturated rings. The Balaban J connectivity index is 2.57. The lowest BCUT2D eigenvalue weighted by Gasteiger charge is -2.25. The van der Waals surface area contributed by atoms with Crippen LogP contribution < -0.4 is 5.32 Å². The predicted octanol–water partition coefficient (Wildman–Crippen LogP) is 1.48. The zero-order valence-electron chi connectivity index (χ0n) is 10.3. The van der Waals surface area contributed by atoms with E-state index in [1.807, 2.05) is 19.4 Å². The molecule has 3 N–H and O–H groups in total. The van der Waals surface area contributed by atoms with Gasteiger partial charge in [-0.3, -0.25) is 5.10 Å². The van der Waals surface area contributed by atoms with Gasteiger partial charge >= 0.3 is 0 Å². The van der Waals surface area contributed by atoms with Gasteiger partial charge in [0.05, 0.1) is 12.8 Å². The molecule has 1 heterocycles. The van der Waals surface area contributed by atoms with E-state index in [-0.39, 0.29) is 23.9 Å². The fraction of sp³-hybridized carbons (Fsp3) is 0.727. The summed E-state index contributed by atoms with van der Waals surface area (Å²) in [5, 5.41) is 19.9. The highest BCUT2D eigenvalue weighted by atomic mass is 32.2. The summed E-state index contributed by atoms with van der Waals surface area (Å²) >= 11 is 1.69. The largest absolute Gasteiger partial charge is 0.395 e. The molecule has 0 aliphatic heterocycles. The molecule has 0 saturated carbocycles. The topological polar surface area (TPSA) is 60.9 Å². The van der Waals surface area contributed by atoms with Crippen LogP contribution in [0.1, 0.15) is 31.1 Å². The van der Waals surface area contributed by atoms with Crippen LogP contribution in [0.3, 0.4) is 0 Å². The molecule has 16 heavy (non-hydrogen) atoms. The van der Waals surface area contributed by atoms with E-state index in [2.05, 4.69) is 29.4 Å². The number of hydrogen-bond donors (Lipinski definition) is 3. The number of hydrogen-bond acceptors (Lipinski definition) is 4. The van der Waals surface area contributed by atoms with Crippen LogP contribution in [0, 0.1) is 6.92 Å². The van der Waals surface area contributed by atoms with Crippen LogP contribution in [-0.4, -0.2) is 39.5 Å². The summed E-state index contributed by atoms with van der Waals surface area (Å²) in [6.45, 7) is 6.43. The van der Waals surface area contributed by atoms with Gasteiger partial charge in [-0.25, -0.2) is 0 Å². The fourth-order valence-corrected chi connectivity index (χ4v) is 2.46. The van der Waals surface area contributed by atoms with Crippen LogP contribution >= 0.6 is 11.8 Å². The number of aryl methyl sites for hydroxylation is 1. The van der Waals surface area contributed by atoms with Gasteiger partial charge in [0.2, 0.25) is 0 Å². The van der Waals surface area contributed by atoms with Crippen LogP contribution in [0.2, 0.25) is 0 Å². The van der Waals surface area contributed by atoms with Gasteiger partial charge in [0.25, 0.3) is 0 Å². The van der Waals surface area contributed by atoms with Gasteiger partial charge in [-0.1, -0.05) is 0 Å². The molecular weight excluding hydrogens is 222 g/mol. The van der Waals surface area contributed by atoms with Crippen molar-refractivity contribution in [2.45, 2.75) is 38.1 Å². The molecule has 3 unspecified atom stereocenters. The SMILES string of the molecule is CSC(CO)C(C)NC(C)c1cn[nH]c1C. The van der Waals surface area contributed by atoms with Gasteiger partial charge in [-0.15, -0.1) is 0 Å². The summed E-state index contributed by atoms with van der Waals surface area (Å²) in [7, 11) is 0. The number of aliphatic hydroxyl groups excluding tert-OH is 1. The minimum atomic E-state index is 0.201. The maximum atomic E-state index is 9.22. The van der Waals surface area contributed by atoms with Crippen molar-refractivity contribution in [1.29, 1.82) is 0 Å². The monoisotopic (exact) mass is 243 g/mol. The molecule has 92 valence electrons. The quantitative estimate of drug-likeness (QED) is 0.708. The van der Waals surface area contributed by atoms with E-state index in [1.165, 1.54) is 5.56 Å². The second kappa shape index (κ2) is 6.27. The molecule has 3 atom stereocenters. The summed E-state index contributed by atoms with van der Waals surface area (Å²) in [5.41, 5.74) is 2.28. The fourth-order valence-electron chi connectivity index (χ4n) is 1.82. The van der Waals surface area contributed by atoms with E-state index in [9.17, 15) is 5.11 Å². The molecule has 0 amide bonds. The lowest BCUT2D eigenvalue weighted by atomic mass is 10.1. The van der Waals surface area contributed by atoms with Crippen molar-refractivity contribution in [2.24, 2.45) is 0 Å². The van der Waals surface area contributed by atoms with Crippen molar-refractivity contribution >= 4 is 11.8 Å². The van der Waals surface area contributed by atoms with Gasteiger partial charge < -0.3 is 10.4 Å². The molecule has 1 aromatic heterocycles. The van der Waals surface area contributed by atoms with Crippen LogP contribution in [0.15, 0.2) is 6.20 Å². The van der Waals surface area contributed by atoms with Crippen molar-refractivity contribution in [3.63, 3.8) is 0 Å². The maximum absolute atomic E-state index is 9.22. The molecule has 0 aliphatic rings. The highest BCUT2D eigenvalue weighted by molar-refractivity contribution is 7.99. The summed E-state index contributed by atoms with van der Waals surface area (Å²) in [4.78, 5) is 0. The summed E-state index contributed by atoms with van der Waals surface area (Å²) in [6, 6.07) is 0.513. The van der Waals surface area contributed by atoms with E-state index in [1.54, 1.807) is 11.8 Å². The zero-order valence-corrected chi connectivity index (χ0v) is 11.1. The Morgan fingerprint density at radius 3 is 2.69 bits per heavy atom. The number of rotatable bonds is 6. The highest BCUT2D eigenvalue weighted by Gasteiger charge is 2.19. The van der Waals surface area contributed by atoms with Gasteiger partial charge in [0, 0.05) is 28.6 Å². The Morgan fingerprint density at radius 1 is 1.56 bits per heavy atom. The molecule has 0 bridgehead atoms. The van der Waals surface area contributed by atoms with Crippen LogP contribution in [-0.2, 0) is 0 Å². The van der Waals surface area contributed by atoms with E-state index >= 15 is 0 Å². The third-order valence-corrected chi connectivity index (χ3v) is 4.05. The number of aromatic nitrogens is 2. The third-order valence-electron chi connectivity index (χ3n) is 2.89. The summed E-state index contributed by atoms with van der Waals surface area (Å²) in [5.74, 6) is 0. The number of thioether (sulfide) groups is 1. The molecular formula is C11H21N3OS. The molecule has 0 saturated heterocycles. The first-order valence-corrected chi connectivity index (χ1v) is 6.78. The van der Waals surface area contributed by atoms with Gasteiger partial charge in [-0.2, -0.15) is 16.9 Å². The van der Waals surface area contributed by atoms with E-state index in [0.717, 1.165) is 5.69 Å². The Bertz CT molecular complexity index is 312. The standard InChI is InChI=1S/C11H21N3OS/c1-7(10-5-12-14-8(10)2)13-9(3)11(6-15)16-4/h5,7,9,11,13,15H,6H2,1-4H3,(H,12,14). The van der Waals surface area contributed by atoms with Crippen molar-refractivity contribution < 1.29 is 5.11 Å². The number of aromatic amines is 1. The first-order valence-electron chi connectivity index (χ1n) is 5.49.